The van der Waals surface area contributed by atoms with Gasteiger partial charge in [0.15, 0.2) is 0 Å². The van der Waals surface area contributed by atoms with E-state index in [-0.39, 0.29) is 0 Å². The van der Waals surface area contributed by atoms with Crippen molar-refractivity contribution in [2.45, 2.75) is 25.0 Å². The SMILES string of the molecule is NC(=S)c1ccccc1CSCCN1CCCCC1. The summed E-state index contributed by atoms with van der Waals surface area (Å²) in [6.45, 7) is 3.77. The van der Waals surface area contributed by atoms with Crippen molar-refractivity contribution in [2.24, 2.45) is 5.73 Å². The van der Waals surface area contributed by atoms with Crippen LogP contribution in [0.1, 0.15) is 30.4 Å². The Morgan fingerprint density at radius 2 is 1.95 bits per heavy atom. The topological polar surface area (TPSA) is 29.3 Å². The van der Waals surface area contributed by atoms with Gasteiger partial charge in [0.1, 0.15) is 4.99 Å². The van der Waals surface area contributed by atoms with E-state index in [1.807, 2.05) is 23.9 Å². The molecule has 0 unspecified atom stereocenters. The number of piperidine rings is 1. The van der Waals surface area contributed by atoms with Gasteiger partial charge in [-0.05, 0) is 31.5 Å². The summed E-state index contributed by atoms with van der Waals surface area (Å²) in [4.78, 5) is 3.09. The second-order valence-corrected chi connectivity index (χ2v) is 6.52. The molecule has 1 aromatic carbocycles. The molecule has 0 bridgehead atoms. The third-order valence-corrected chi connectivity index (χ3v) is 4.75. The molecule has 0 radical (unpaired) electrons. The van der Waals surface area contributed by atoms with Gasteiger partial charge in [-0.1, -0.05) is 42.9 Å². The summed E-state index contributed by atoms with van der Waals surface area (Å²) < 4.78 is 0. The predicted octanol–water partition coefficient (Wildman–Crippen LogP) is 3.04. The second kappa shape index (κ2) is 7.88. The lowest BCUT2D eigenvalue weighted by Gasteiger charge is -2.26. The highest BCUT2D eigenvalue weighted by molar-refractivity contribution is 7.98. The molecule has 1 aliphatic rings. The number of thioether (sulfide) groups is 1. The van der Waals surface area contributed by atoms with Gasteiger partial charge in [-0.3, -0.25) is 0 Å². The molecular weight excluding hydrogens is 272 g/mol. The van der Waals surface area contributed by atoms with E-state index in [1.165, 1.54) is 50.2 Å². The maximum Gasteiger partial charge on any atom is 0.104 e. The predicted molar refractivity (Wildman–Crippen MR) is 88.8 cm³/mol. The summed E-state index contributed by atoms with van der Waals surface area (Å²) in [5.41, 5.74) is 8.04. The minimum atomic E-state index is 0.507. The van der Waals surface area contributed by atoms with Gasteiger partial charge in [0.2, 0.25) is 0 Å². The summed E-state index contributed by atoms with van der Waals surface area (Å²) in [5, 5.41) is 0. The Kier molecular flexibility index (Phi) is 6.14. The Balaban J connectivity index is 1.74. The highest BCUT2D eigenvalue weighted by Gasteiger charge is 2.09. The van der Waals surface area contributed by atoms with E-state index in [9.17, 15) is 0 Å². The number of thiocarbonyl (C=S) groups is 1. The summed E-state index contributed by atoms with van der Waals surface area (Å²) in [6, 6.07) is 8.20. The molecule has 0 amide bonds. The fourth-order valence-electron chi connectivity index (χ4n) is 2.45. The van der Waals surface area contributed by atoms with E-state index >= 15 is 0 Å². The minimum Gasteiger partial charge on any atom is -0.389 e. The molecule has 0 atom stereocenters. The minimum absolute atomic E-state index is 0.507. The third-order valence-electron chi connectivity index (χ3n) is 3.54. The highest BCUT2D eigenvalue weighted by atomic mass is 32.2. The summed E-state index contributed by atoms with van der Waals surface area (Å²) in [6.07, 6.45) is 4.15. The monoisotopic (exact) mass is 294 g/mol. The van der Waals surface area contributed by atoms with Crippen molar-refractivity contribution >= 4 is 29.0 Å². The molecule has 1 fully saturated rings. The zero-order chi connectivity index (χ0) is 13.5. The smallest absolute Gasteiger partial charge is 0.104 e. The Hall–Kier alpha value is -0.580. The van der Waals surface area contributed by atoms with Crippen LogP contribution in [0.3, 0.4) is 0 Å². The van der Waals surface area contributed by atoms with Crippen molar-refractivity contribution in [3.63, 3.8) is 0 Å². The lowest BCUT2D eigenvalue weighted by Crippen LogP contribution is -2.31. The Bertz CT molecular complexity index is 414. The van der Waals surface area contributed by atoms with E-state index in [2.05, 4.69) is 17.0 Å². The molecular formula is C15H22N2S2. The van der Waals surface area contributed by atoms with Crippen LogP contribution < -0.4 is 5.73 Å². The third kappa shape index (κ3) is 4.79. The molecule has 0 aliphatic carbocycles. The van der Waals surface area contributed by atoms with Gasteiger partial charge in [0, 0.05) is 23.6 Å². The largest absolute Gasteiger partial charge is 0.389 e. The first-order valence-electron chi connectivity index (χ1n) is 6.95. The van der Waals surface area contributed by atoms with Gasteiger partial charge in [-0.15, -0.1) is 0 Å². The molecule has 0 saturated carbocycles. The molecule has 2 N–H and O–H groups in total. The fraction of sp³-hybridized carbons (Fsp3) is 0.533. The average molecular weight is 294 g/mol. The Morgan fingerprint density at radius 3 is 2.68 bits per heavy atom. The van der Waals surface area contributed by atoms with Crippen molar-refractivity contribution in [3.8, 4) is 0 Å². The van der Waals surface area contributed by atoms with Crippen LogP contribution in [-0.4, -0.2) is 35.3 Å². The van der Waals surface area contributed by atoms with Gasteiger partial charge in [-0.2, -0.15) is 11.8 Å². The first-order valence-corrected chi connectivity index (χ1v) is 8.51. The molecule has 19 heavy (non-hydrogen) atoms. The van der Waals surface area contributed by atoms with Gasteiger partial charge in [0.05, 0.1) is 0 Å². The van der Waals surface area contributed by atoms with E-state index < -0.39 is 0 Å². The first kappa shape index (κ1) is 14.8. The first-order chi connectivity index (χ1) is 9.27. The molecule has 1 saturated heterocycles. The number of benzene rings is 1. The van der Waals surface area contributed by atoms with Crippen LogP contribution in [0.5, 0.6) is 0 Å². The number of hydrogen-bond acceptors (Lipinski definition) is 3. The molecule has 1 aliphatic heterocycles. The fourth-order valence-corrected chi connectivity index (χ4v) is 3.65. The maximum absolute atomic E-state index is 5.75. The van der Waals surface area contributed by atoms with E-state index in [4.69, 9.17) is 18.0 Å². The number of nitrogens with two attached hydrogens (primary N) is 1. The maximum atomic E-state index is 5.75. The van der Waals surface area contributed by atoms with E-state index in [0.29, 0.717) is 4.99 Å². The number of hydrogen-bond donors (Lipinski definition) is 1. The summed E-state index contributed by atoms with van der Waals surface area (Å²) in [5.74, 6) is 2.19. The summed E-state index contributed by atoms with van der Waals surface area (Å²) >= 11 is 7.07. The van der Waals surface area contributed by atoms with Crippen molar-refractivity contribution in [3.05, 3.63) is 35.4 Å². The van der Waals surface area contributed by atoms with E-state index in [0.717, 1.165) is 11.3 Å². The number of likely N-dealkylation sites (tertiary alicyclic amines) is 1. The lowest BCUT2D eigenvalue weighted by molar-refractivity contribution is 0.242. The van der Waals surface area contributed by atoms with Crippen LogP contribution in [-0.2, 0) is 5.75 Å². The van der Waals surface area contributed by atoms with Crippen molar-refractivity contribution in [2.75, 3.05) is 25.4 Å². The van der Waals surface area contributed by atoms with Gasteiger partial charge < -0.3 is 10.6 Å². The van der Waals surface area contributed by atoms with Gasteiger partial charge in [0.25, 0.3) is 0 Å². The van der Waals surface area contributed by atoms with Crippen LogP contribution in [0.15, 0.2) is 24.3 Å². The molecule has 0 aromatic heterocycles. The van der Waals surface area contributed by atoms with Crippen LogP contribution in [0.25, 0.3) is 0 Å². The molecule has 2 rings (SSSR count). The molecule has 4 heteroatoms. The molecule has 104 valence electrons. The molecule has 1 heterocycles. The Labute approximate surface area is 125 Å². The van der Waals surface area contributed by atoms with Crippen LogP contribution >= 0.6 is 24.0 Å². The molecule has 0 spiro atoms. The normalized spacial score (nSPS) is 16.4. The highest BCUT2D eigenvalue weighted by Crippen LogP contribution is 2.17. The van der Waals surface area contributed by atoms with Crippen molar-refractivity contribution in [1.29, 1.82) is 0 Å². The number of nitrogens with zero attached hydrogens (tertiary/aromatic N) is 1. The summed E-state index contributed by atoms with van der Waals surface area (Å²) in [7, 11) is 0. The molecule has 1 aromatic rings. The second-order valence-electron chi connectivity index (χ2n) is 4.98. The lowest BCUT2D eigenvalue weighted by atomic mass is 10.1. The van der Waals surface area contributed by atoms with Gasteiger partial charge in [-0.25, -0.2) is 0 Å². The van der Waals surface area contributed by atoms with Crippen molar-refractivity contribution in [1.82, 2.24) is 4.90 Å². The quantitative estimate of drug-likeness (QED) is 0.645. The van der Waals surface area contributed by atoms with Crippen molar-refractivity contribution < 1.29 is 0 Å². The van der Waals surface area contributed by atoms with Crippen LogP contribution in [0.4, 0.5) is 0 Å². The van der Waals surface area contributed by atoms with Gasteiger partial charge >= 0.3 is 0 Å². The molecule has 2 nitrogen and oxygen atoms in total. The number of rotatable bonds is 6. The zero-order valence-corrected chi connectivity index (χ0v) is 12.9. The standard InChI is InChI=1S/C15H22N2S2/c16-15(18)14-7-3-2-6-13(14)12-19-11-10-17-8-4-1-5-9-17/h2-3,6-7H,1,4-5,8-12H2,(H2,16,18). The Morgan fingerprint density at radius 1 is 1.21 bits per heavy atom. The van der Waals surface area contributed by atoms with E-state index in [1.54, 1.807) is 0 Å². The zero-order valence-electron chi connectivity index (χ0n) is 11.3. The van der Waals surface area contributed by atoms with Crippen LogP contribution in [0, 0.1) is 0 Å². The van der Waals surface area contributed by atoms with Crippen LogP contribution in [0.2, 0.25) is 0 Å². The average Bonchev–Trinajstić information content (AvgIpc) is 2.45.